The van der Waals surface area contributed by atoms with Crippen LogP contribution in [0.2, 0.25) is 0 Å². The van der Waals surface area contributed by atoms with E-state index in [4.69, 9.17) is 9.47 Å². The lowest BCUT2D eigenvalue weighted by Crippen LogP contribution is -2.27. The van der Waals surface area contributed by atoms with Crippen LogP contribution in [0, 0.1) is 0 Å². The Bertz CT molecular complexity index is 339. The molecule has 4 nitrogen and oxygen atoms in total. The van der Waals surface area contributed by atoms with Crippen molar-refractivity contribution in [2.75, 3.05) is 13.2 Å². The molecule has 0 saturated carbocycles. The molecule has 0 radical (unpaired) electrons. The second kappa shape index (κ2) is 5.51. The lowest BCUT2D eigenvalue weighted by atomic mass is 10.2. The Balaban J connectivity index is 1.60. The van der Waals surface area contributed by atoms with E-state index < -0.39 is 0 Å². The first-order valence-electron chi connectivity index (χ1n) is 5.39. The van der Waals surface area contributed by atoms with Crippen LogP contribution in [0.3, 0.4) is 0 Å². The summed E-state index contributed by atoms with van der Waals surface area (Å²) in [7, 11) is 0. The molecule has 1 N–H and O–H groups in total. The molecule has 1 aliphatic heterocycles. The van der Waals surface area contributed by atoms with Crippen LogP contribution in [-0.4, -0.2) is 25.3 Å². The van der Waals surface area contributed by atoms with Gasteiger partial charge in [-0.15, -0.1) is 0 Å². The minimum Gasteiger partial charge on any atom is -0.447 e. The lowest BCUT2D eigenvalue weighted by molar-refractivity contribution is 0.111. The molecule has 4 heteroatoms. The zero-order chi connectivity index (χ0) is 11.2. The van der Waals surface area contributed by atoms with Crippen LogP contribution in [0.1, 0.15) is 12.0 Å². The van der Waals surface area contributed by atoms with Crippen LogP contribution in [0.4, 0.5) is 4.79 Å². The second-order valence-corrected chi connectivity index (χ2v) is 3.77. The minimum atomic E-state index is -0.326. The number of rotatable bonds is 5. The number of nitrogens with one attached hydrogen (secondary N) is 1. The van der Waals surface area contributed by atoms with Gasteiger partial charge in [-0.25, -0.2) is 4.79 Å². The summed E-state index contributed by atoms with van der Waals surface area (Å²) in [6.45, 7) is 1.69. The van der Waals surface area contributed by atoms with Gasteiger partial charge in [0.1, 0.15) is 6.61 Å². The number of hydrogen-bond acceptors (Lipinski definition) is 3. The van der Waals surface area contributed by atoms with Gasteiger partial charge in [-0.05, 0) is 12.0 Å². The maximum atomic E-state index is 10.7. The molecule has 0 aromatic heterocycles. The van der Waals surface area contributed by atoms with Crippen LogP contribution >= 0.6 is 0 Å². The number of benzene rings is 1. The Morgan fingerprint density at radius 2 is 2.19 bits per heavy atom. The lowest BCUT2D eigenvalue weighted by Gasteiger charge is -2.07. The van der Waals surface area contributed by atoms with Crippen molar-refractivity contribution in [3.63, 3.8) is 0 Å². The third-order valence-corrected chi connectivity index (χ3v) is 2.46. The molecule has 2 rings (SSSR count). The average molecular weight is 221 g/mol. The molecule has 1 atom stereocenters. The summed E-state index contributed by atoms with van der Waals surface area (Å²) < 4.78 is 10.3. The predicted molar refractivity (Wildman–Crippen MR) is 59.0 cm³/mol. The number of cyclic esters (lactones) is 1. The van der Waals surface area contributed by atoms with Gasteiger partial charge in [0.2, 0.25) is 0 Å². The number of carbonyl (C=O) groups is 1. The molecule has 0 bridgehead atoms. The van der Waals surface area contributed by atoms with E-state index in [1.807, 2.05) is 30.3 Å². The summed E-state index contributed by atoms with van der Waals surface area (Å²) in [5, 5.41) is 2.71. The maximum Gasteiger partial charge on any atom is 0.407 e. The topological polar surface area (TPSA) is 47.6 Å². The van der Waals surface area contributed by atoms with Crippen LogP contribution in [0.5, 0.6) is 0 Å². The molecule has 1 aliphatic rings. The summed E-state index contributed by atoms with van der Waals surface area (Å²) in [6, 6.07) is 10.1. The van der Waals surface area contributed by atoms with Crippen molar-refractivity contribution in [1.29, 1.82) is 0 Å². The van der Waals surface area contributed by atoms with Crippen molar-refractivity contribution >= 4 is 6.09 Å². The number of alkyl carbamates (subject to hydrolysis) is 1. The first-order chi connectivity index (χ1) is 7.84. The molecule has 0 aliphatic carbocycles. The SMILES string of the molecule is O=C1N[C@H](CCOCc2ccccc2)CO1. The van der Waals surface area contributed by atoms with Crippen LogP contribution in [0.25, 0.3) is 0 Å². The van der Waals surface area contributed by atoms with Gasteiger partial charge in [-0.3, -0.25) is 0 Å². The van der Waals surface area contributed by atoms with Gasteiger partial charge in [0.25, 0.3) is 0 Å². The Hall–Kier alpha value is -1.55. The zero-order valence-electron chi connectivity index (χ0n) is 9.02. The number of carbonyl (C=O) groups excluding carboxylic acids is 1. The van der Waals surface area contributed by atoms with Gasteiger partial charge in [0, 0.05) is 6.61 Å². The molecule has 1 amide bonds. The van der Waals surface area contributed by atoms with E-state index in [-0.39, 0.29) is 12.1 Å². The first kappa shape index (κ1) is 11.0. The average Bonchev–Trinajstić information content (AvgIpc) is 2.72. The van der Waals surface area contributed by atoms with E-state index in [0.29, 0.717) is 19.8 Å². The summed E-state index contributed by atoms with van der Waals surface area (Å²) in [4.78, 5) is 10.7. The highest BCUT2D eigenvalue weighted by Crippen LogP contribution is 2.04. The second-order valence-electron chi connectivity index (χ2n) is 3.77. The standard InChI is InChI=1S/C12H15NO3/c14-12-13-11(9-16-12)6-7-15-8-10-4-2-1-3-5-10/h1-5,11H,6-9H2,(H,13,14)/t11-/m1/s1. The van der Waals surface area contributed by atoms with E-state index in [1.165, 1.54) is 0 Å². The fourth-order valence-electron chi connectivity index (χ4n) is 1.57. The molecule has 16 heavy (non-hydrogen) atoms. The molecule has 1 aromatic rings. The van der Waals surface area contributed by atoms with Gasteiger partial charge >= 0.3 is 6.09 Å². The van der Waals surface area contributed by atoms with Gasteiger partial charge in [-0.1, -0.05) is 30.3 Å². The monoisotopic (exact) mass is 221 g/mol. The number of amides is 1. The summed E-state index contributed by atoms with van der Waals surface area (Å²) in [6.07, 6.45) is 0.464. The van der Waals surface area contributed by atoms with Crippen LogP contribution in [0.15, 0.2) is 30.3 Å². The van der Waals surface area contributed by atoms with E-state index in [2.05, 4.69) is 5.32 Å². The van der Waals surface area contributed by atoms with Crippen molar-refractivity contribution < 1.29 is 14.3 Å². The number of ether oxygens (including phenoxy) is 2. The van der Waals surface area contributed by atoms with Crippen molar-refractivity contribution in [3.05, 3.63) is 35.9 Å². The summed E-state index contributed by atoms with van der Waals surface area (Å²) in [5.41, 5.74) is 1.16. The molecule has 0 unspecified atom stereocenters. The van der Waals surface area contributed by atoms with E-state index >= 15 is 0 Å². The zero-order valence-corrected chi connectivity index (χ0v) is 9.02. The van der Waals surface area contributed by atoms with Gasteiger partial charge < -0.3 is 14.8 Å². The third kappa shape index (κ3) is 3.24. The van der Waals surface area contributed by atoms with Gasteiger partial charge in [-0.2, -0.15) is 0 Å². The molecule has 1 aromatic carbocycles. The van der Waals surface area contributed by atoms with Crippen molar-refractivity contribution in [2.24, 2.45) is 0 Å². The van der Waals surface area contributed by atoms with E-state index in [9.17, 15) is 4.79 Å². The Kier molecular flexibility index (Phi) is 3.77. The van der Waals surface area contributed by atoms with E-state index in [1.54, 1.807) is 0 Å². The number of hydrogen-bond donors (Lipinski definition) is 1. The predicted octanol–water partition coefficient (Wildman–Crippen LogP) is 1.70. The van der Waals surface area contributed by atoms with Gasteiger partial charge in [0.15, 0.2) is 0 Å². The smallest absolute Gasteiger partial charge is 0.407 e. The highest BCUT2D eigenvalue weighted by atomic mass is 16.6. The fourth-order valence-corrected chi connectivity index (χ4v) is 1.57. The molecule has 1 heterocycles. The Labute approximate surface area is 94.6 Å². The molecule has 1 saturated heterocycles. The molecule has 86 valence electrons. The Morgan fingerprint density at radius 3 is 2.88 bits per heavy atom. The minimum absolute atomic E-state index is 0.100. The molecule has 0 spiro atoms. The van der Waals surface area contributed by atoms with Gasteiger partial charge in [0.05, 0.1) is 12.6 Å². The van der Waals surface area contributed by atoms with Crippen molar-refractivity contribution in [2.45, 2.75) is 19.1 Å². The third-order valence-electron chi connectivity index (χ3n) is 2.46. The maximum absolute atomic E-state index is 10.7. The molecular weight excluding hydrogens is 206 g/mol. The molecular formula is C12H15NO3. The highest BCUT2D eigenvalue weighted by molar-refractivity contribution is 5.69. The highest BCUT2D eigenvalue weighted by Gasteiger charge is 2.21. The Morgan fingerprint density at radius 1 is 1.38 bits per heavy atom. The van der Waals surface area contributed by atoms with E-state index in [0.717, 1.165) is 12.0 Å². The summed E-state index contributed by atoms with van der Waals surface area (Å²) >= 11 is 0. The normalized spacial score (nSPS) is 19.2. The summed E-state index contributed by atoms with van der Waals surface area (Å²) in [5.74, 6) is 0. The first-order valence-corrected chi connectivity index (χ1v) is 5.39. The van der Waals surface area contributed by atoms with Crippen molar-refractivity contribution in [1.82, 2.24) is 5.32 Å². The quantitative estimate of drug-likeness (QED) is 0.770. The van der Waals surface area contributed by atoms with Crippen LogP contribution in [-0.2, 0) is 16.1 Å². The van der Waals surface area contributed by atoms with Crippen molar-refractivity contribution in [3.8, 4) is 0 Å². The molecule has 1 fully saturated rings. The largest absolute Gasteiger partial charge is 0.447 e. The fraction of sp³-hybridized carbons (Fsp3) is 0.417. The van der Waals surface area contributed by atoms with Crippen LogP contribution < -0.4 is 5.32 Å².